The summed E-state index contributed by atoms with van der Waals surface area (Å²) in [5.41, 5.74) is 1.95. The summed E-state index contributed by atoms with van der Waals surface area (Å²) in [4.78, 5) is 16.3. The molecule has 25 heavy (non-hydrogen) atoms. The van der Waals surface area contributed by atoms with Crippen LogP contribution in [0.4, 0.5) is 5.69 Å². The third kappa shape index (κ3) is 4.93. The monoisotopic (exact) mass is 379 g/mol. The van der Waals surface area contributed by atoms with Gasteiger partial charge in [0, 0.05) is 17.6 Å². The van der Waals surface area contributed by atoms with Crippen LogP contribution in [0.5, 0.6) is 0 Å². The van der Waals surface area contributed by atoms with Crippen molar-refractivity contribution >= 4 is 33.0 Å². The van der Waals surface area contributed by atoms with Crippen LogP contribution < -0.4 is 10.6 Å². The van der Waals surface area contributed by atoms with Crippen molar-refractivity contribution in [3.63, 3.8) is 0 Å². The molecule has 8 heteroatoms. The number of hydrogen-bond donors (Lipinski definition) is 2. The van der Waals surface area contributed by atoms with E-state index in [2.05, 4.69) is 15.6 Å². The van der Waals surface area contributed by atoms with E-state index in [1.54, 1.807) is 30.5 Å². The van der Waals surface area contributed by atoms with E-state index in [0.717, 1.165) is 5.56 Å². The fourth-order valence-corrected chi connectivity index (χ4v) is 4.43. The lowest BCUT2D eigenvalue weighted by Crippen LogP contribution is -2.24. The molecule has 1 aromatic carbocycles. The second-order valence-electron chi connectivity index (χ2n) is 5.99. The van der Waals surface area contributed by atoms with Crippen molar-refractivity contribution in [1.29, 1.82) is 0 Å². The molecule has 0 aliphatic carbocycles. The van der Waals surface area contributed by atoms with Crippen LogP contribution in [0.1, 0.15) is 22.5 Å². The minimum Gasteiger partial charge on any atom is -0.380 e. The van der Waals surface area contributed by atoms with Crippen LogP contribution in [0.25, 0.3) is 0 Å². The molecule has 0 radical (unpaired) electrons. The van der Waals surface area contributed by atoms with Crippen molar-refractivity contribution < 1.29 is 13.2 Å². The average Bonchev–Trinajstić information content (AvgIpc) is 2.93. The maximum absolute atomic E-state index is 12.1. The maximum atomic E-state index is 12.1. The van der Waals surface area contributed by atoms with E-state index in [4.69, 9.17) is 11.6 Å². The molecular formula is C17H18ClN3O3S. The molecule has 1 fully saturated rings. The Hall–Kier alpha value is -2.12. The first kappa shape index (κ1) is 17.7. The second kappa shape index (κ2) is 7.41. The summed E-state index contributed by atoms with van der Waals surface area (Å²) in [6, 6.07) is 10.5. The number of benzene rings is 1. The van der Waals surface area contributed by atoms with Crippen molar-refractivity contribution in [3.8, 4) is 0 Å². The molecule has 132 valence electrons. The number of anilines is 1. The van der Waals surface area contributed by atoms with E-state index in [-0.39, 0.29) is 23.5 Å². The molecule has 0 saturated carbocycles. The summed E-state index contributed by atoms with van der Waals surface area (Å²) in [6.07, 6.45) is 2.13. The number of amides is 1. The molecule has 2 N–H and O–H groups in total. The van der Waals surface area contributed by atoms with Crippen LogP contribution in [0, 0.1) is 0 Å². The van der Waals surface area contributed by atoms with Crippen LogP contribution in [0.15, 0.2) is 42.6 Å². The number of carbonyl (C=O) groups excluding carboxylic acids is 1. The largest absolute Gasteiger partial charge is 0.380 e. The van der Waals surface area contributed by atoms with Gasteiger partial charge in [-0.1, -0.05) is 23.7 Å². The number of sulfone groups is 1. The lowest BCUT2D eigenvalue weighted by molar-refractivity contribution is 0.0946. The molecule has 1 aliphatic rings. The zero-order chi connectivity index (χ0) is 17.9. The lowest BCUT2D eigenvalue weighted by Gasteiger charge is -2.12. The smallest absolute Gasteiger partial charge is 0.270 e. The van der Waals surface area contributed by atoms with Crippen molar-refractivity contribution in [2.24, 2.45) is 0 Å². The van der Waals surface area contributed by atoms with Gasteiger partial charge in [-0.05, 0) is 36.2 Å². The van der Waals surface area contributed by atoms with Crippen LogP contribution in [0.2, 0.25) is 5.02 Å². The Morgan fingerprint density at radius 1 is 1.20 bits per heavy atom. The third-order valence-electron chi connectivity index (χ3n) is 3.97. The van der Waals surface area contributed by atoms with Gasteiger partial charge in [0.25, 0.3) is 5.91 Å². The fourth-order valence-electron chi connectivity index (χ4n) is 2.63. The quantitative estimate of drug-likeness (QED) is 0.831. The molecule has 2 heterocycles. The maximum Gasteiger partial charge on any atom is 0.270 e. The molecule has 1 amide bonds. The van der Waals surface area contributed by atoms with Gasteiger partial charge in [0.1, 0.15) is 5.69 Å². The van der Waals surface area contributed by atoms with E-state index >= 15 is 0 Å². The van der Waals surface area contributed by atoms with E-state index < -0.39 is 9.84 Å². The van der Waals surface area contributed by atoms with Crippen molar-refractivity contribution in [3.05, 3.63) is 58.9 Å². The van der Waals surface area contributed by atoms with Gasteiger partial charge in [-0.2, -0.15) is 0 Å². The van der Waals surface area contributed by atoms with Gasteiger partial charge in [0.15, 0.2) is 9.84 Å². The fraction of sp³-hybridized carbons (Fsp3) is 0.294. The molecule has 1 aliphatic heterocycles. The molecule has 0 bridgehead atoms. The van der Waals surface area contributed by atoms with Gasteiger partial charge in [-0.15, -0.1) is 0 Å². The molecular weight excluding hydrogens is 362 g/mol. The van der Waals surface area contributed by atoms with Gasteiger partial charge >= 0.3 is 0 Å². The minimum absolute atomic E-state index is 0.101. The second-order valence-corrected chi connectivity index (χ2v) is 8.65. The highest BCUT2D eigenvalue weighted by molar-refractivity contribution is 7.91. The number of halogens is 1. The van der Waals surface area contributed by atoms with Crippen molar-refractivity contribution in [2.75, 3.05) is 16.8 Å². The predicted octanol–water partition coefficient (Wildman–Crippen LogP) is 2.26. The highest BCUT2D eigenvalue weighted by Gasteiger charge is 2.27. The Balaban J connectivity index is 1.54. The molecule has 1 atom stereocenters. The van der Waals surface area contributed by atoms with E-state index in [0.29, 0.717) is 29.4 Å². The van der Waals surface area contributed by atoms with Gasteiger partial charge in [-0.25, -0.2) is 13.4 Å². The van der Waals surface area contributed by atoms with Crippen LogP contribution in [0.3, 0.4) is 0 Å². The van der Waals surface area contributed by atoms with Gasteiger partial charge in [0.05, 0.1) is 23.4 Å². The zero-order valence-corrected chi connectivity index (χ0v) is 15.0. The Morgan fingerprint density at radius 2 is 1.96 bits per heavy atom. The van der Waals surface area contributed by atoms with Gasteiger partial charge in [0.2, 0.25) is 0 Å². The van der Waals surface area contributed by atoms with Crippen LogP contribution in [-0.4, -0.2) is 36.9 Å². The molecule has 1 aromatic heterocycles. The number of hydrogen-bond acceptors (Lipinski definition) is 5. The average molecular weight is 380 g/mol. The standard InChI is InChI=1S/C17H18ClN3O3S/c18-13-3-1-12(2-4-13)9-20-17(22)16-6-5-14(10-19-16)21-15-7-8-25(23,24)11-15/h1-6,10,15,21H,7-9,11H2,(H,20,22). The Kier molecular flexibility index (Phi) is 5.24. The highest BCUT2D eigenvalue weighted by Crippen LogP contribution is 2.17. The molecule has 1 saturated heterocycles. The van der Waals surface area contributed by atoms with Gasteiger partial charge in [-0.3, -0.25) is 4.79 Å². The zero-order valence-electron chi connectivity index (χ0n) is 13.4. The topological polar surface area (TPSA) is 88.2 Å². The number of pyridine rings is 1. The Labute approximate surface area is 151 Å². The summed E-state index contributed by atoms with van der Waals surface area (Å²) in [7, 11) is -2.93. The lowest BCUT2D eigenvalue weighted by atomic mass is 10.2. The Bertz CT molecular complexity index is 852. The normalized spacial score (nSPS) is 18.7. The highest BCUT2D eigenvalue weighted by atomic mass is 35.5. The predicted molar refractivity (Wildman–Crippen MR) is 97.5 cm³/mol. The summed E-state index contributed by atoms with van der Waals surface area (Å²) < 4.78 is 22.9. The molecule has 6 nitrogen and oxygen atoms in total. The number of aromatic nitrogens is 1. The number of carbonyl (C=O) groups is 1. The Morgan fingerprint density at radius 3 is 2.56 bits per heavy atom. The summed E-state index contributed by atoms with van der Waals surface area (Å²) in [5.74, 6) is 0.0736. The minimum atomic E-state index is -2.93. The van der Waals surface area contributed by atoms with E-state index in [9.17, 15) is 13.2 Å². The van der Waals surface area contributed by atoms with Crippen molar-refractivity contribution in [2.45, 2.75) is 19.0 Å². The van der Waals surface area contributed by atoms with Crippen molar-refractivity contribution in [1.82, 2.24) is 10.3 Å². The third-order valence-corrected chi connectivity index (χ3v) is 5.99. The number of nitrogens with zero attached hydrogens (tertiary/aromatic N) is 1. The summed E-state index contributed by atoms with van der Waals surface area (Å²) in [5, 5.41) is 6.58. The molecule has 0 spiro atoms. The molecule has 2 aromatic rings. The van der Waals surface area contributed by atoms with Crippen LogP contribution >= 0.6 is 11.6 Å². The molecule has 3 rings (SSSR count). The first-order valence-electron chi connectivity index (χ1n) is 7.87. The first-order valence-corrected chi connectivity index (χ1v) is 10.1. The van der Waals surface area contributed by atoms with Gasteiger partial charge < -0.3 is 10.6 Å². The number of rotatable bonds is 5. The summed E-state index contributed by atoms with van der Waals surface area (Å²) >= 11 is 5.82. The van der Waals surface area contributed by atoms with E-state index in [1.165, 1.54) is 0 Å². The SMILES string of the molecule is O=C(NCc1ccc(Cl)cc1)c1ccc(NC2CCS(=O)(=O)C2)cn1. The van der Waals surface area contributed by atoms with Crippen LogP contribution in [-0.2, 0) is 16.4 Å². The number of nitrogens with one attached hydrogen (secondary N) is 2. The van der Waals surface area contributed by atoms with E-state index in [1.807, 2.05) is 12.1 Å². The molecule has 1 unspecified atom stereocenters. The summed E-state index contributed by atoms with van der Waals surface area (Å²) in [6.45, 7) is 0.387. The first-order chi connectivity index (χ1) is 11.9.